The third-order valence-electron chi connectivity index (χ3n) is 1.37. The summed E-state index contributed by atoms with van der Waals surface area (Å²) in [5, 5.41) is 0. The fraction of sp³-hybridized carbons (Fsp3) is 0.750. The Morgan fingerprint density at radius 1 is 1.50 bits per heavy atom. The highest BCUT2D eigenvalue weighted by molar-refractivity contribution is 14.1. The van der Waals surface area contributed by atoms with E-state index in [2.05, 4.69) is 52.9 Å². The third kappa shape index (κ3) is 5.23. The molecule has 0 radical (unpaired) electrons. The van der Waals surface area contributed by atoms with Gasteiger partial charge in [-0.2, -0.15) is 0 Å². The molecule has 0 bridgehead atoms. The zero-order valence-electron chi connectivity index (χ0n) is 7.02. The van der Waals surface area contributed by atoms with Gasteiger partial charge in [0.2, 0.25) is 0 Å². The first-order valence-electron chi connectivity index (χ1n) is 3.75. The zero-order chi connectivity index (χ0) is 7.98. The van der Waals surface area contributed by atoms with Crippen LogP contribution >= 0.6 is 22.9 Å². The first-order chi connectivity index (χ1) is 4.70. The molecular weight excluding hydrogens is 237 g/mol. The second-order valence-electron chi connectivity index (χ2n) is 2.39. The van der Waals surface area contributed by atoms with Crippen molar-refractivity contribution in [3.63, 3.8) is 0 Å². The number of nitrogens with zero attached hydrogens (tertiary/aromatic N) is 1. The Morgan fingerprint density at radius 2 is 2.10 bits per heavy atom. The van der Waals surface area contributed by atoms with Crippen LogP contribution in [0.25, 0.3) is 0 Å². The van der Waals surface area contributed by atoms with E-state index in [1.807, 2.05) is 0 Å². The van der Waals surface area contributed by atoms with Gasteiger partial charge >= 0.3 is 0 Å². The van der Waals surface area contributed by atoms with Gasteiger partial charge in [0.05, 0.1) is 0 Å². The zero-order valence-corrected chi connectivity index (χ0v) is 9.18. The Bertz CT molecular complexity index is 108. The summed E-state index contributed by atoms with van der Waals surface area (Å²) in [5.74, 6) is 0. The predicted octanol–water partition coefficient (Wildman–Crippen LogP) is 3.01. The van der Waals surface area contributed by atoms with Crippen molar-refractivity contribution in [3.8, 4) is 0 Å². The first-order valence-corrected chi connectivity index (χ1v) is 4.72. The average Bonchev–Trinajstić information content (AvgIpc) is 1.86. The van der Waals surface area contributed by atoms with E-state index in [0.29, 0.717) is 0 Å². The van der Waals surface area contributed by atoms with E-state index >= 15 is 0 Å². The third-order valence-corrected chi connectivity index (χ3v) is 1.71. The molecule has 0 aromatic heterocycles. The number of allylic oxidation sites excluding steroid dienone is 1. The molecule has 2 heteroatoms. The maximum atomic E-state index is 2.31. The fourth-order valence-electron chi connectivity index (χ4n) is 0.889. The molecule has 0 amide bonds. The van der Waals surface area contributed by atoms with Gasteiger partial charge in [0.25, 0.3) is 0 Å². The van der Waals surface area contributed by atoms with Crippen molar-refractivity contribution in [1.29, 1.82) is 0 Å². The maximum absolute atomic E-state index is 2.31. The van der Waals surface area contributed by atoms with Gasteiger partial charge in [0, 0.05) is 29.4 Å². The van der Waals surface area contributed by atoms with Crippen molar-refractivity contribution in [2.75, 3.05) is 13.6 Å². The minimum atomic E-state index is 1.10. The lowest BCUT2D eigenvalue weighted by Gasteiger charge is -2.08. The number of hydrogen-bond donors (Lipinski definition) is 0. The molecule has 0 aliphatic rings. The van der Waals surface area contributed by atoms with Crippen LogP contribution in [-0.2, 0) is 0 Å². The molecular formula is C8H16IN. The lowest BCUT2D eigenvalue weighted by Crippen LogP contribution is -2.07. The van der Waals surface area contributed by atoms with Crippen LogP contribution in [0.4, 0.5) is 0 Å². The SMILES string of the molecule is CC/C=C(\CC)CN(C)I. The normalized spacial score (nSPS) is 12.7. The highest BCUT2D eigenvalue weighted by Crippen LogP contribution is 2.06. The molecule has 0 spiro atoms. The molecule has 0 fully saturated rings. The standard InChI is InChI=1S/C8H16IN/c1-4-6-8(5-2)7-10(3)9/h6H,4-5,7H2,1-3H3/b8-6+. The van der Waals surface area contributed by atoms with Gasteiger partial charge in [-0.15, -0.1) is 0 Å². The Labute approximate surface area is 78.0 Å². The molecule has 0 aromatic carbocycles. The monoisotopic (exact) mass is 253 g/mol. The Balaban J connectivity index is 3.71. The van der Waals surface area contributed by atoms with Crippen LogP contribution in [0, 0.1) is 0 Å². The van der Waals surface area contributed by atoms with E-state index in [9.17, 15) is 0 Å². The molecule has 10 heavy (non-hydrogen) atoms. The van der Waals surface area contributed by atoms with Gasteiger partial charge in [-0.25, -0.2) is 3.11 Å². The Kier molecular flexibility index (Phi) is 6.43. The van der Waals surface area contributed by atoms with Crippen molar-refractivity contribution in [3.05, 3.63) is 11.6 Å². The van der Waals surface area contributed by atoms with Crippen LogP contribution in [-0.4, -0.2) is 16.7 Å². The number of likely N-dealkylation sites (N-methyl/N-ethyl adjacent to an activating group) is 1. The van der Waals surface area contributed by atoms with Gasteiger partial charge < -0.3 is 0 Å². The summed E-state index contributed by atoms with van der Waals surface area (Å²) in [5.41, 5.74) is 1.54. The van der Waals surface area contributed by atoms with E-state index in [4.69, 9.17) is 0 Å². The molecule has 0 saturated heterocycles. The van der Waals surface area contributed by atoms with E-state index in [0.717, 1.165) is 13.0 Å². The van der Waals surface area contributed by atoms with Gasteiger partial charge in [0.1, 0.15) is 0 Å². The molecule has 1 nitrogen and oxygen atoms in total. The topological polar surface area (TPSA) is 3.24 Å². The van der Waals surface area contributed by atoms with Crippen LogP contribution in [0.3, 0.4) is 0 Å². The van der Waals surface area contributed by atoms with Crippen LogP contribution in [0.2, 0.25) is 0 Å². The molecule has 0 aromatic rings. The summed E-state index contributed by atoms with van der Waals surface area (Å²) < 4.78 is 2.18. The van der Waals surface area contributed by atoms with E-state index < -0.39 is 0 Å². The van der Waals surface area contributed by atoms with E-state index in [-0.39, 0.29) is 0 Å². The molecule has 0 heterocycles. The minimum absolute atomic E-state index is 1.10. The predicted molar refractivity (Wildman–Crippen MR) is 55.3 cm³/mol. The quantitative estimate of drug-likeness (QED) is 0.423. The lowest BCUT2D eigenvalue weighted by molar-refractivity contribution is 0.651. The maximum Gasteiger partial charge on any atom is 0.0288 e. The van der Waals surface area contributed by atoms with Crippen LogP contribution < -0.4 is 0 Å². The van der Waals surface area contributed by atoms with Gasteiger partial charge in [-0.1, -0.05) is 25.5 Å². The van der Waals surface area contributed by atoms with Gasteiger partial charge in [-0.05, 0) is 19.9 Å². The molecule has 0 atom stereocenters. The number of halogens is 1. The van der Waals surface area contributed by atoms with E-state index in [1.165, 1.54) is 6.42 Å². The van der Waals surface area contributed by atoms with Crippen molar-refractivity contribution in [2.45, 2.75) is 26.7 Å². The van der Waals surface area contributed by atoms with Crippen LogP contribution in [0.1, 0.15) is 26.7 Å². The van der Waals surface area contributed by atoms with Crippen LogP contribution in [0.15, 0.2) is 11.6 Å². The molecule has 0 rings (SSSR count). The summed E-state index contributed by atoms with van der Waals surface area (Å²) in [4.78, 5) is 0. The number of hydrogen-bond acceptors (Lipinski definition) is 1. The Hall–Kier alpha value is 0.430. The summed E-state index contributed by atoms with van der Waals surface area (Å²) in [6.07, 6.45) is 4.66. The molecule has 60 valence electrons. The summed E-state index contributed by atoms with van der Waals surface area (Å²) >= 11 is 2.31. The highest BCUT2D eigenvalue weighted by Gasteiger charge is 1.95. The summed E-state index contributed by atoms with van der Waals surface area (Å²) in [6, 6.07) is 0. The fourth-order valence-corrected chi connectivity index (χ4v) is 1.33. The van der Waals surface area contributed by atoms with E-state index in [1.54, 1.807) is 5.57 Å². The second kappa shape index (κ2) is 6.16. The highest BCUT2D eigenvalue weighted by atomic mass is 127. The van der Waals surface area contributed by atoms with Gasteiger partial charge in [-0.3, -0.25) is 0 Å². The minimum Gasteiger partial charge on any atom is -0.247 e. The smallest absolute Gasteiger partial charge is 0.0288 e. The van der Waals surface area contributed by atoms with Crippen molar-refractivity contribution < 1.29 is 0 Å². The van der Waals surface area contributed by atoms with Gasteiger partial charge in [0.15, 0.2) is 0 Å². The molecule has 0 N–H and O–H groups in total. The summed E-state index contributed by atoms with van der Waals surface area (Å²) in [6.45, 7) is 5.50. The van der Waals surface area contributed by atoms with Crippen molar-refractivity contribution in [1.82, 2.24) is 3.11 Å². The first kappa shape index (κ1) is 10.4. The Morgan fingerprint density at radius 3 is 2.40 bits per heavy atom. The molecule has 0 aliphatic heterocycles. The average molecular weight is 253 g/mol. The van der Waals surface area contributed by atoms with Crippen LogP contribution in [0.5, 0.6) is 0 Å². The summed E-state index contributed by atoms with van der Waals surface area (Å²) in [7, 11) is 2.10. The van der Waals surface area contributed by atoms with Crippen molar-refractivity contribution >= 4 is 22.9 Å². The largest absolute Gasteiger partial charge is 0.247 e. The second-order valence-corrected chi connectivity index (χ2v) is 4.03. The number of rotatable bonds is 4. The lowest BCUT2D eigenvalue weighted by atomic mass is 10.2. The molecule has 0 aliphatic carbocycles. The van der Waals surface area contributed by atoms with Crippen molar-refractivity contribution in [2.24, 2.45) is 0 Å². The molecule has 0 unspecified atom stereocenters. The molecule has 0 saturated carbocycles.